The van der Waals surface area contributed by atoms with Gasteiger partial charge >= 0.3 is 0 Å². The second-order valence-electron chi connectivity index (χ2n) is 4.70. The molecule has 118 valence electrons. The molecule has 0 bridgehead atoms. The van der Waals surface area contributed by atoms with Crippen molar-refractivity contribution in [1.82, 2.24) is 10.2 Å². The van der Waals surface area contributed by atoms with Crippen LogP contribution in [-0.4, -0.2) is 16.1 Å². The van der Waals surface area contributed by atoms with E-state index in [0.29, 0.717) is 10.0 Å². The predicted octanol–water partition coefficient (Wildman–Crippen LogP) is 4.38. The number of benzene rings is 1. The zero-order chi connectivity index (χ0) is 16.1. The van der Waals surface area contributed by atoms with Crippen molar-refractivity contribution in [3.8, 4) is 5.75 Å². The highest BCUT2D eigenvalue weighted by atomic mass is 32.1. The van der Waals surface area contributed by atoms with Gasteiger partial charge in [0.1, 0.15) is 5.75 Å². The van der Waals surface area contributed by atoms with E-state index in [1.54, 1.807) is 6.07 Å². The van der Waals surface area contributed by atoms with Crippen LogP contribution in [0.1, 0.15) is 34.1 Å². The van der Waals surface area contributed by atoms with Gasteiger partial charge in [0.05, 0.1) is 4.88 Å². The minimum atomic E-state index is -0.178. The van der Waals surface area contributed by atoms with E-state index >= 15 is 0 Å². The van der Waals surface area contributed by atoms with E-state index in [1.807, 2.05) is 48.7 Å². The lowest BCUT2D eigenvalue weighted by Crippen LogP contribution is -2.09. The van der Waals surface area contributed by atoms with Gasteiger partial charge in [-0.25, -0.2) is 0 Å². The molecule has 0 fully saturated rings. The molecule has 23 heavy (non-hydrogen) atoms. The maximum Gasteiger partial charge on any atom is 0.267 e. The minimum Gasteiger partial charge on any atom is -0.483 e. The summed E-state index contributed by atoms with van der Waals surface area (Å²) in [5, 5.41) is 14.0. The second kappa shape index (κ2) is 7.34. The summed E-state index contributed by atoms with van der Waals surface area (Å²) in [5.41, 5.74) is 0. The molecule has 1 N–H and O–H groups in total. The Morgan fingerprint density at radius 2 is 2.04 bits per heavy atom. The monoisotopic (exact) mass is 345 g/mol. The van der Waals surface area contributed by atoms with Gasteiger partial charge < -0.3 is 4.74 Å². The van der Waals surface area contributed by atoms with Gasteiger partial charge in [-0.3, -0.25) is 10.1 Å². The molecule has 3 rings (SSSR count). The summed E-state index contributed by atoms with van der Waals surface area (Å²) in [7, 11) is 0. The molecule has 3 aromatic rings. The lowest BCUT2D eigenvalue weighted by Gasteiger charge is -2.14. The van der Waals surface area contributed by atoms with Crippen LogP contribution in [0.2, 0.25) is 0 Å². The average Bonchev–Trinajstić information content (AvgIpc) is 3.25. The highest BCUT2D eigenvalue weighted by Crippen LogP contribution is 2.29. The van der Waals surface area contributed by atoms with E-state index in [-0.39, 0.29) is 12.0 Å². The zero-order valence-corrected chi connectivity index (χ0v) is 14.1. The molecule has 0 aliphatic carbocycles. The van der Waals surface area contributed by atoms with E-state index in [0.717, 1.165) is 17.2 Å². The van der Waals surface area contributed by atoms with Crippen LogP contribution in [0.25, 0.3) is 0 Å². The number of anilines is 1. The molecule has 1 amide bonds. The molecular weight excluding hydrogens is 330 g/mol. The first kappa shape index (κ1) is 15.6. The number of hydrogen-bond acceptors (Lipinski definition) is 6. The molecule has 1 atom stereocenters. The normalized spacial score (nSPS) is 11.9. The van der Waals surface area contributed by atoms with Crippen molar-refractivity contribution in [1.29, 1.82) is 0 Å². The Hall–Kier alpha value is -2.25. The third-order valence-corrected chi connectivity index (χ3v) is 4.87. The third-order valence-electron chi connectivity index (χ3n) is 3.07. The van der Waals surface area contributed by atoms with Crippen molar-refractivity contribution in [3.63, 3.8) is 0 Å². The van der Waals surface area contributed by atoms with Gasteiger partial charge in [0, 0.05) is 0 Å². The van der Waals surface area contributed by atoms with Gasteiger partial charge in [-0.1, -0.05) is 42.5 Å². The van der Waals surface area contributed by atoms with E-state index in [4.69, 9.17) is 4.74 Å². The lowest BCUT2D eigenvalue weighted by molar-refractivity contribution is 0.103. The van der Waals surface area contributed by atoms with Gasteiger partial charge in [0.2, 0.25) is 5.13 Å². The van der Waals surface area contributed by atoms with Crippen LogP contribution in [0.4, 0.5) is 5.13 Å². The number of para-hydroxylation sites is 1. The quantitative estimate of drug-likeness (QED) is 0.720. The largest absolute Gasteiger partial charge is 0.483 e. The number of thiophene rings is 1. The van der Waals surface area contributed by atoms with Crippen molar-refractivity contribution >= 4 is 33.7 Å². The molecule has 0 aliphatic heterocycles. The molecule has 1 aromatic carbocycles. The van der Waals surface area contributed by atoms with Crippen LogP contribution in [0, 0.1) is 0 Å². The first-order valence-corrected chi connectivity index (χ1v) is 8.86. The maximum atomic E-state index is 12.0. The molecule has 0 unspecified atom stereocenters. The molecule has 7 heteroatoms. The average molecular weight is 345 g/mol. The van der Waals surface area contributed by atoms with Gasteiger partial charge in [0.25, 0.3) is 5.91 Å². The molecule has 5 nitrogen and oxygen atoms in total. The second-order valence-corrected chi connectivity index (χ2v) is 6.66. The fraction of sp³-hybridized carbons (Fsp3) is 0.188. The zero-order valence-electron chi connectivity index (χ0n) is 12.4. The number of carbonyl (C=O) groups is 1. The molecule has 0 radical (unpaired) electrons. The first-order chi connectivity index (χ1) is 11.3. The number of ether oxygens (including phenoxy) is 1. The number of hydrogen-bond donors (Lipinski definition) is 1. The highest BCUT2D eigenvalue weighted by Gasteiger charge is 2.18. The standard InChI is InChI=1S/C16H15N3O2S2/c1-2-12(21-11-7-4-3-5-8-11)15-18-19-16(23-15)17-14(20)13-9-6-10-22-13/h3-10,12H,2H2,1H3,(H,17,19,20)/t12-/m0/s1. The highest BCUT2D eigenvalue weighted by molar-refractivity contribution is 7.15. The van der Waals surface area contributed by atoms with Crippen molar-refractivity contribution in [3.05, 3.63) is 57.7 Å². The summed E-state index contributed by atoms with van der Waals surface area (Å²) in [6.07, 6.45) is 0.588. The van der Waals surface area contributed by atoms with Crippen LogP contribution in [0.15, 0.2) is 47.8 Å². The Balaban J connectivity index is 1.68. The van der Waals surface area contributed by atoms with Crippen molar-refractivity contribution in [2.24, 2.45) is 0 Å². The van der Waals surface area contributed by atoms with Crippen LogP contribution < -0.4 is 10.1 Å². The summed E-state index contributed by atoms with van der Waals surface area (Å²) >= 11 is 2.73. The number of carbonyl (C=O) groups excluding carboxylic acids is 1. The Morgan fingerprint density at radius 3 is 2.74 bits per heavy atom. The van der Waals surface area contributed by atoms with Crippen LogP contribution >= 0.6 is 22.7 Å². The van der Waals surface area contributed by atoms with Crippen LogP contribution in [-0.2, 0) is 0 Å². The van der Waals surface area contributed by atoms with Crippen molar-refractivity contribution < 1.29 is 9.53 Å². The molecule has 0 saturated heterocycles. The fourth-order valence-electron chi connectivity index (χ4n) is 1.95. The predicted molar refractivity (Wildman–Crippen MR) is 92.3 cm³/mol. The number of nitrogens with zero attached hydrogens (tertiary/aromatic N) is 2. The fourth-order valence-corrected chi connectivity index (χ4v) is 3.42. The van der Waals surface area contributed by atoms with Gasteiger partial charge in [-0.05, 0) is 30.0 Å². The lowest BCUT2D eigenvalue weighted by atomic mass is 10.3. The number of amides is 1. The van der Waals surface area contributed by atoms with E-state index in [9.17, 15) is 4.79 Å². The van der Waals surface area contributed by atoms with Gasteiger partial charge in [0.15, 0.2) is 11.1 Å². The number of rotatable bonds is 6. The Labute approximate surface area is 142 Å². The van der Waals surface area contributed by atoms with Crippen LogP contribution in [0.5, 0.6) is 5.75 Å². The van der Waals surface area contributed by atoms with E-state index in [2.05, 4.69) is 15.5 Å². The Morgan fingerprint density at radius 1 is 1.22 bits per heavy atom. The Bertz CT molecular complexity index is 757. The van der Waals surface area contributed by atoms with E-state index < -0.39 is 0 Å². The summed E-state index contributed by atoms with van der Waals surface area (Å²) in [4.78, 5) is 12.7. The molecule has 0 spiro atoms. The smallest absolute Gasteiger partial charge is 0.267 e. The topological polar surface area (TPSA) is 64.1 Å². The van der Waals surface area contributed by atoms with Crippen molar-refractivity contribution in [2.45, 2.75) is 19.4 Å². The molecule has 2 aromatic heterocycles. The third kappa shape index (κ3) is 3.94. The molecule has 2 heterocycles. The summed E-state index contributed by atoms with van der Waals surface area (Å²) in [5.74, 6) is 0.624. The summed E-state index contributed by atoms with van der Waals surface area (Å²) in [6.45, 7) is 2.03. The van der Waals surface area contributed by atoms with Crippen LogP contribution in [0.3, 0.4) is 0 Å². The summed E-state index contributed by atoms with van der Waals surface area (Å²) < 4.78 is 5.94. The number of nitrogens with one attached hydrogen (secondary N) is 1. The first-order valence-electron chi connectivity index (χ1n) is 7.16. The molecule has 0 saturated carbocycles. The van der Waals surface area contributed by atoms with Gasteiger partial charge in [-0.2, -0.15) is 0 Å². The van der Waals surface area contributed by atoms with Gasteiger partial charge in [-0.15, -0.1) is 21.5 Å². The molecular formula is C16H15N3O2S2. The van der Waals surface area contributed by atoms with E-state index in [1.165, 1.54) is 22.7 Å². The molecule has 0 aliphatic rings. The number of aromatic nitrogens is 2. The SMILES string of the molecule is CC[C@H](Oc1ccccc1)c1nnc(NC(=O)c2cccs2)s1. The maximum absolute atomic E-state index is 12.0. The summed E-state index contributed by atoms with van der Waals surface area (Å²) in [6, 6.07) is 13.2. The Kier molecular flexibility index (Phi) is 4.99. The van der Waals surface area contributed by atoms with Crippen molar-refractivity contribution in [2.75, 3.05) is 5.32 Å². The minimum absolute atomic E-state index is 0.167.